The van der Waals surface area contributed by atoms with Gasteiger partial charge in [0.2, 0.25) is 11.8 Å². The highest BCUT2D eigenvalue weighted by Crippen LogP contribution is 2.25. The molecule has 0 aromatic heterocycles. The number of carbonyl (C=O) groups is 2. The van der Waals surface area contributed by atoms with E-state index in [1.54, 1.807) is 24.3 Å². The minimum absolute atomic E-state index is 0.0209. The van der Waals surface area contributed by atoms with Crippen molar-refractivity contribution in [1.29, 1.82) is 5.26 Å². The van der Waals surface area contributed by atoms with Crippen LogP contribution in [0.15, 0.2) is 42.5 Å². The molecule has 8 heteroatoms. The van der Waals surface area contributed by atoms with Crippen molar-refractivity contribution in [3.8, 4) is 6.07 Å². The molecular formula is C21H22F2N4O2. The molecule has 0 aliphatic carbocycles. The van der Waals surface area contributed by atoms with Gasteiger partial charge in [0.05, 0.1) is 12.5 Å². The number of nitriles is 1. The first-order valence-electron chi connectivity index (χ1n) is 9.02. The van der Waals surface area contributed by atoms with Crippen LogP contribution in [0.5, 0.6) is 0 Å². The molecule has 0 saturated heterocycles. The van der Waals surface area contributed by atoms with Gasteiger partial charge in [-0.25, -0.2) is 8.78 Å². The van der Waals surface area contributed by atoms with E-state index in [-0.39, 0.29) is 43.1 Å². The van der Waals surface area contributed by atoms with Gasteiger partial charge >= 0.3 is 0 Å². The van der Waals surface area contributed by atoms with E-state index in [0.717, 1.165) is 12.1 Å². The number of nitrogens with one attached hydrogen (secondary N) is 1. The van der Waals surface area contributed by atoms with Crippen LogP contribution in [0.2, 0.25) is 0 Å². The number of benzene rings is 2. The zero-order valence-corrected chi connectivity index (χ0v) is 16.3. The Morgan fingerprint density at radius 2 is 1.69 bits per heavy atom. The Hall–Kier alpha value is -3.47. The summed E-state index contributed by atoms with van der Waals surface area (Å²) in [5.41, 5.74) is 0.415. The minimum atomic E-state index is -0.798. The second-order valence-corrected chi connectivity index (χ2v) is 6.52. The zero-order valence-electron chi connectivity index (χ0n) is 16.3. The predicted octanol–water partition coefficient (Wildman–Crippen LogP) is 3.70. The Kier molecular flexibility index (Phi) is 7.66. The molecule has 2 rings (SSSR count). The first kappa shape index (κ1) is 21.8. The van der Waals surface area contributed by atoms with Crippen molar-refractivity contribution in [1.82, 2.24) is 0 Å². The van der Waals surface area contributed by atoms with E-state index in [1.165, 1.54) is 23.9 Å². The Morgan fingerprint density at radius 3 is 2.24 bits per heavy atom. The Labute approximate surface area is 168 Å². The third-order valence-electron chi connectivity index (χ3n) is 4.13. The Bertz CT molecular complexity index is 888. The summed E-state index contributed by atoms with van der Waals surface area (Å²) in [5, 5.41) is 11.2. The van der Waals surface area contributed by atoms with E-state index in [0.29, 0.717) is 5.69 Å². The third kappa shape index (κ3) is 6.01. The first-order chi connectivity index (χ1) is 13.8. The molecule has 0 fully saturated rings. The van der Waals surface area contributed by atoms with Crippen molar-refractivity contribution < 1.29 is 18.4 Å². The zero-order chi connectivity index (χ0) is 21.4. The van der Waals surface area contributed by atoms with Crippen LogP contribution in [0, 0.1) is 23.0 Å². The lowest BCUT2D eigenvalue weighted by molar-refractivity contribution is -0.122. The van der Waals surface area contributed by atoms with Crippen LogP contribution in [-0.4, -0.2) is 32.5 Å². The van der Waals surface area contributed by atoms with Gasteiger partial charge < -0.3 is 15.1 Å². The normalized spacial score (nSPS) is 10.2. The molecule has 2 aromatic carbocycles. The number of hydrogen-bond acceptors (Lipinski definition) is 4. The van der Waals surface area contributed by atoms with Crippen molar-refractivity contribution in [3.05, 3.63) is 54.1 Å². The van der Waals surface area contributed by atoms with E-state index < -0.39 is 17.5 Å². The number of para-hydroxylation sites is 1. The van der Waals surface area contributed by atoms with Crippen LogP contribution in [0.1, 0.15) is 19.3 Å². The van der Waals surface area contributed by atoms with Gasteiger partial charge in [0, 0.05) is 44.9 Å². The van der Waals surface area contributed by atoms with E-state index in [4.69, 9.17) is 5.26 Å². The summed E-state index contributed by atoms with van der Waals surface area (Å²) >= 11 is 0. The van der Waals surface area contributed by atoms with Crippen LogP contribution in [0.25, 0.3) is 0 Å². The largest absolute Gasteiger partial charge is 0.373 e. The van der Waals surface area contributed by atoms with Gasteiger partial charge in [0.25, 0.3) is 0 Å². The van der Waals surface area contributed by atoms with E-state index in [2.05, 4.69) is 5.32 Å². The lowest BCUT2D eigenvalue weighted by atomic mass is 10.2. The maximum Gasteiger partial charge on any atom is 0.227 e. The molecule has 0 atom stereocenters. The van der Waals surface area contributed by atoms with Gasteiger partial charge in [-0.15, -0.1) is 0 Å². The molecule has 0 aliphatic heterocycles. The summed E-state index contributed by atoms with van der Waals surface area (Å²) in [4.78, 5) is 27.4. The minimum Gasteiger partial charge on any atom is -0.373 e. The fraction of sp³-hybridized carbons (Fsp3) is 0.286. The summed E-state index contributed by atoms with van der Waals surface area (Å²) in [6.45, 7) is 0.212. The molecule has 6 nitrogen and oxygen atoms in total. The van der Waals surface area contributed by atoms with Crippen molar-refractivity contribution in [2.75, 3.05) is 35.8 Å². The summed E-state index contributed by atoms with van der Waals surface area (Å²) in [7, 11) is 3.02. The maximum absolute atomic E-state index is 14.0. The van der Waals surface area contributed by atoms with Crippen LogP contribution in [0.3, 0.4) is 0 Å². The molecule has 0 aliphatic rings. The second kappa shape index (κ2) is 10.2. The van der Waals surface area contributed by atoms with Gasteiger partial charge in [0.15, 0.2) is 11.6 Å². The Morgan fingerprint density at radius 1 is 1.07 bits per heavy atom. The third-order valence-corrected chi connectivity index (χ3v) is 4.13. The molecule has 1 N–H and O–H groups in total. The lowest BCUT2D eigenvalue weighted by Gasteiger charge is -2.21. The summed E-state index contributed by atoms with van der Waals surface area (Å²) in [6, 6.07) is 12.9. The number of halogens is 2. The Balaban J connectivity index is 2.00. The highest BCUT2D eigenvalue weighted by molar-refractivity contribution is 5.98. The quantitative estimate of drug-likeness (QED) is 0.733. The summed E-state index contributed by atoms with van der Waals surface area (Å²) < 4.78 is 28.0. The molecule has 2 amide bonds. The molecule has 0 saturated carbocycles. The topological polar surface area (TPSA) is 76.4 Å². The summed E-state index contributed by atoms with van der Waals surface area (Å²) in [5.74, 6) is -2.45. The van der Waals surface area contributed by atoms with E-state index >= 15 is 0 Å². The van der Waals surface area contributed by atoms with Crippen LogP contribution >= 0.6 is 0 Å². The van der Waals surface area contributed by atoms with Gasteiger partial charge in [-0.1, -0.05) is 18.2 Å². The van der Waals surface area contributed by atoms with Crippen LogP contribution < -0.4 is 15.1 Å². The molecule has 0 radical (unpaired) electrons. The first-order valence-corrected chi connectivity index (χ1v) is 9.02. The average Bonchev–Trinajstić information content (AvgIpc) is 2.66. The highest BCUT2D eigenvalue weighted by atomic mass is 19.1. The smallest absolute Gasteiger partial charge is 0.227 e. The summed E-state index contributed by atoms with van der Waals surface area (Å²) in [6.07, 6.45) is -0.107. The van der Waals surface area contributed by atoms with Crippen molar-refractivity contribution >= 4 is 28.9 Å². The van der Waals surface area contributed by atoms with E-state index in [1.807, 2.05) is 12.1 Å². The van der Waals surface area contributed by atoms with Crippen LogP contribution in [0.4, 0.5) is 25.8 Å². The molecule has 0 spiro atoms. The number of rotatable bonds is 8. The van der Waals surface area contributed by atoms with Gasteiger partial charge in [-0.05, 0) is 24.3 Å². The highest BCUT2D eigenvalue weighted by Gasteiger charge is 2.18. The van der Waals surface area contributed by atoms with Gasteiger partial charge in [0.1, 0.15) is 5.69 Å². The molecule has 2 aromatic rings. The molecule has 0 heterocycles. The van der Waals surface area contributed by atoms with E-state index in [9.17, 15) is 18.4 Å². The van der Waals surface area contributed by atoms with Gasteiger partial charge in [-0.3, -0.25) is 9.59 Å². The monoisotopic (exact) mass is 400 g/mol. The molecule has 0 unspecified atom stereocenters. The standard InChI is InChI=1S/C21H22F2N4O2/c1-26(2)21-17(22)13-15(14-18(21)23)25-19(28)9-10-20(29)27(12-6-11-24)16-7-4-3-5-8-16/h3-5,7-8,13-14H,6,9-10,12H2,1-2H3,(H,25,28). The van der Waals surface area contributed by atoms with Gasteiger partial charge in [-0.2, -0.15) is 5.26 Å². The number of amides is 2. The maximum atomic E-state index is 14.0. The lowest BCUT2D eigenvalue weighted by Crippen LogP contribution is -2.32. The number of anilines is 3. The SMILES string of the molecule is CN(C)c1c(F)cc(NC(=O)CCC(=O)N(CCC#N)c2ccccc2)cc1F. The average molecular weight is 400 g/mol. The molecular weight excluding hydrogens is 378 g/mol. The molecule has 152 valence electrons. The second-order valence-electron chi connectivity index (χ2n) is 6.52. The fourth-order valence-corrected chi connectivity index (χ4v) is 2.81. The molecule has 0 bridgehead atoms. The predicted molar refractivity (Wildman–Crippen MR) is 108 cm³/mol. The number of carbonyl (C=O) groups excluding carboxylic acids is 2. The molecule has 29 heavy (non-hydrogen) atoms. The fourth-order valence-electron chi connectivity index (χ4n) is 2.81. The van der Waals surface area contributed by atoms with Crippen LogP contribution in [-0.2, 0) is 9.59 Å². The van der Waals surface area contributed by atoms with Crippen molar-refractivity contribution in [3.63, 3.8) is 0 Å². The van der Waals surface area contributed by atoms with Crippen molar-refractivity contribution in [2.45, 2.75) is 19.3 Å². The van der Waals surface area contributed by atoms with Crippen molar-refractivity contribution in [2.24, 2.45) is 0 Å². The number of nitrogens with zero attached hydrogens (tertiary/aromatic N) is 3. The number of hydrogen-bond donors (Lipinski definition) is 1.